The molecule has 1 atom stereocenters. The van der Waals surface area contributed by atoms with Crippen molar-refractivity contribution >= 4 is 17.8 Å². The number of aliphatic imine (C=N–C) groups is 1. The fraction of sp³-hybridized carbons (Fsp3) is 0.348. The molecule has 0 unspecified atom stereocenters. The van der Waals surface area contributed by atoms with Crippen molar-refractivity contribution in [1.82, 2.24) is 10.2 Å². The van der Waals surface area contributed by atoms with Gasteiger partial charge in [0.25, 0.3) is 5.91 Å². The zero-order valence-corrected chi connectivity index (χ0v) is 18.1. The van der Waals surface area contributed by atoms with E-state index in [0.717, 1.165) is 18.2 Å². The van der Waals surface area contributed by atoms with Crippen molar-refractivity contribution in [3.63, 3.8) is 0 Å². The fourth-order valence-corrected chi connectivity index (χ4v) is 3.42. The molecule has 32 heavy (non-hydrogen) atoms. The number of amides is 2. The van der Waals surface area contributed by atoms with Crippen molar-refractivity contribution in [1.29, 1.82) is 0 Å². The highest BCUT2D eigenvalue weighted by Gasteiger charge is 2.38. The molecule has 6 nitrogen and oxygen atoms in total. The molecule has 0 spiro atoms. The van der Waals surface area contributed by atoms with Crippen molar-refractivity contribution in [2.75, 3.05) is 0 Å². The minimum atomic E-state index is -0.794. The number of rotatable bonds is 6. The number of hydrogen-bond donors (Lipinski definition) is 2. The lowest BCUT2D eigenvalue weighted by Gasteiger charge is -2.37. The Bertz CT molecular complexity index is 1070. The third-order valence-electron chi connectivity index (χ3n) is 5.75. The van der Waals surface area contributed by atoms with Crippen molar-refractivity contribution in [3.8, 4) is 0 Å². The van der Waals surface area contributed by atoms with Gasteiger partial charge in [-0.05, 0) is 48.7 Å². The van der Waals surface area contributed by atoms with Gasteiger partial charge in [0.2, 0.25) is 5.91 Å². The number of hydrogen-bond acceptors (Lipinski definition) is 4. The summed E-state index contributed by atoms with van der Waals surface area (Å²) in [7, 11) is 0. The molecule has 1 aliphatic rings. The van der Waals surface area contributed by atoms with Crippen LogP contribution < -0.4 is 11.1 Å². The molecule has 0 saturated carbocycles. The fourth-order valence-electron chi connectivity index (χ4n) is 3.42. The standard InChI is InChI=1S/C23H25F3N4O2/c1-13(2)23(3)10-20(31)30(22(27)29-23)12-14-7-15(9-16(24)8-14)21(32)28-11-17-18(25)5-4-6-19(17)26/h4-9,13H,10-12H2,1-3H3,(H2,27,29)(H,28,32)/t23-/m0/s1. The zero-order valence-electron chi connectivity index (χ0n) is 18.1. The molecule has 3 N–H and O–H groups in total. The highest BCUT2D eigenvalue weighted by Crippen LogP contribution is 2.30. The smallest absolute Gasteiger partial charge is 0.251 e. The van der Waals surface area contributed by atoms with Crippen molar-refractivity contribution < 1.29 is 22.8 Å². The van der Waals surface area contributed by atoms with E-state index >= 15 is 0 Å². The van der Waals surface area contributed by atoms with Gasteiger partial charge >= 0.3 is 0 Å². The van der Waals surface area contributed by atoms with Crippen LogP contribution in [-0.2, 0) is 17.9 Å². The molecule has 1 heterocycles. The van der Waals surface area contributed by atoms with E-state index in [0.29, 0.717) is 5.56 Å². The highest BCUT2D eigenvalue weighted by atomic mass is 19.1. The second-order valence-electron chi connectivity index (χ2n) is 8.37. The lowest BCUT2D eigenvalue weighted by atomic mass is 9.84. The number of guanidine groups is 1. The van der Waals surface area contributed by atoms with Crippen LogP contribution in [0.25, 0.3) is 0 Å². The van der Waals surface area contributed by atoms with Gasteiger partial charge in [0.05, 0.1) is 18.5 Å². The molecule has 2 aromatic carbocycles. The number of nitrogens with two attached hydrogens (primary N) is 1. The zero-order chi connectivity index (χ0) is 23.6. The number of carbonyl (C=O) groups is 2. The first-order valence-electron chi connectivity index (χ1n) is 10.2. The van der Waals surface area contributed by atoms with Crippen LogP contribution in [0.2, 0.25) is 0 Å². The van der Waals surface area contributed by atoms with E-state index in [2.05, 4.69) is 10.3 Å². The topological polar surface area (TPSA) is 87.8 Å². The Balaban J connectivity index is 1.77. The van der Waals surface area contributed by atoms with E-state index in [1.165, 1.54) is 23.1 Å². The first kappa shape index (κ1) is 23.3. The van der Waals surface area contributed by atoms with Crippen LogP contribution in [0.3, 0.4) is 0 Å². The molecule has 0 fully saturated rings. The summed E-state index contributed by atoms with van der Waals surface area (Å²) in [6, 6.07) is 6.96. The molecule has 0 radical (unpaired) electrons. The summed E-state index contributed by atoms with van der Waals surface area (Å²) in [5.41, 5.74) is 5.38. The maximum Gasteiger partial charge on any atom is 0.251 e. The molecule has 9 heteroatoms. The first-order chi connectivity index (χ1) is 15.0. The SMILES string of the molecule is CC(C)[C@]1(C)CC(=O)N(Cc2cc(F)cc(C(=O)NCc3c(F)cccc3F)c2)C(N)=N1. The molecule has 0 saturated heterocycles. The average Bonchev–Trinajstić information content (AvgIpc) is 2.69. The van der Waals surface area contributed by atoms with E-state index < -0.39 is 35.4 Å². The molecule has 0 bridgehead atoms. The first-order valence-corrected chi connectivity index (χ1v) is 10.2. The number of nitrogens with zero attached hydrogens (tertiary/aromatic N) is 2. The Morgan fingerprint density at radius 1 is 1.22 bits per heavy atom. The summed E-state index contributed by atoms with van der Waals surface area (Å²) in [4.78, 5) is 30.9. The van der Waals surface area contributed by atoms with Gasteiger partial charge in [0, 0.05) is 17.7 Å². The number of halogens is 3. The minimum absolute atomic E-state index is 0.0303. The average molecular weight is 446 g/mol. The Hall–Kier alpha value is -3.36. The maximum absolute atomic E-state index is 14.2. The molecule has 1 aliphatic heterocycles. The Kier molecular flexibility index (Phi) is 6.57. The van der Waals surface area contributed by atoms with Crippen molar-refractivity contribution in [2.24, 2.45) is 16.6 Å². The van der Waals surface area contributed by atoms with Gasteiger partial charge in [-0.15, -0.1) is 0 Å². The van der Waals surface area contributed by atoms with E-state index in [-0.39, 0.29) is 41.9 Å². The Morgan fingerprint density at radius 2 is 1.88 bits per heavy atom. The van der Waals surface area contributed by atoms with Crippen LogP contribution in [-0.4, -0.2) is 28.2 Å². The summed E-state index contributed by atoms with van der Waals surface area (Å²) in [5, 5.41) is 2.38. The summed E-state index contributed by atoms with van der Waals surface area (Å²) in [6.45, 7) is 5.28. The van der Waals surface area contributed by atoms with Crippen LogP contribution in [0.4, 0.5) is 13.2 Å². The molecular weight excluding hydrogens is 421 g/mol. The van der Waals surface area contributed by atoms with Crippen LogP contribution >= 0.6 is 0 Å². The summed E-state index contributed by atoms with van der Waals surface area (Å²) in [5.74, 6) is -3.13. The third kappa shape index (κ3) is 4.92. The van der Waals surface area contributed by atoms with E-state index in [1.807, 2.05) is 20.8 Å². The number of nitrogens with one attached hydrogen (secondary N) is 1. The highest BCUT2D eigenvalue weighted by molar-refractivity contribution is 5.99. The van der Waals surface area contributed by atoms with Gasteiger partial charge in [-0.25, -0.2) is 18.2 Å². The van der Waals surface area contributed by atoms with Gasteiger partial charge < -0.3 is 11.1 Å². The van der Waals surface area contributed by atoms with E-state index in [4.69, 9.17) is 5.73 Å². The maximum atomic E-state index is 14.2. The van der Waals surface area contributed by atoms with Crippen LogP contribution in [0.5, 0.6) is 0 Å². The molecular formula is C23H25F3N4O2. The summed E-state index contributed by atoms with van der Waals surface area (Å²) < 4.78 is 41.7. The lowest BCUT2D eigenvalue weighted by Crippen LogP contribution is -2.51. The van der Waals surface area contributed by atoms with Gasteiger partial charge in [-0.2, -0.15) is 0 Å². The molecule has 2 amide bonds. The Morgan fingerprint density at radius 3 is 2.47 bits per heavy atom. The molecule has 0 aromatic heterocycles. The lowest BCUT2D eigenvalue weighted by molar-refractivity contribution is -0.130. The normalized spacial score (nSPS) is 18.7. The molecule has 3 rings (SSSR count). The predicted molar refractivity (Wildman–Crippen MR) is 114 cm³/mol. The van der Waals surface area contributed by atoms with Crippen molar-refractivity contribution in [3.05, 3.63) is 70.5 Å². The minimum Gasteiger partial charge on any atom is -0.369 e. The molecule has 170 valence electrons. The van der Waals surface area contributed by atoms with Gasteiger partial charge in [0.15, 0.2) is 5.96 Å². The third-order valence-corrected chi connectivity index (χ3v) is 5.75. The van der Waals surface area contributed by atoms with Crippen LogP contribution in [0.1, 0.15) is 48.7 Å². The Labute approximate surface area is 184 Å². The van der Waals surface area contributed by atoms with Gasteiger partial charge in [-0.1, -0.05) is 19.9 Å². The monoisotopic (exact) mass is 446 g/mol. The van der Waals surface area contributed by atoms with Crippen LogP contribution in [0, 0.1) is 23.4 Å². The van der Waals surface area contributed by atoms with E-state index in [1.54, 1.807) is 0 Å². The molecule has 0 aliphatic carbocycles. The largest absolute Gasteiger partial charge is 0.369 e. The number of benzene rings is 2. The van der Waals surface area contributed by atoms with E-state index in [9.17, 15) is 22.8 Å². The number of carbonyl (C=O) groups excluding carboxylic acids is 2. The van der Waals surface area contributed by atoms with Crippen molar-refractivity contribution in [2.45, 2.75) is 45.8 Å². The summed E-state index contributed by atoms with van der Waals surface area (Å²) >= 11 is 0. The predicted octanol–water partition coefficient (Wildman–Crippen LogP) is 3.50. The van der Waals surface area contributed by atoms with Gasteiger partial charge in [0.1, 0.15) is 17.5 Å². The summed E-state index contributed by atoms with van der Waals surface area (Å²) in [6.07, 6.45) is 0.155. The molecule has 2 aromatic rings. The quantitative estimate of drug-likeness (QED) is 0.712. The second kappa shape index (κ2) is 9.02. The van der Waals surface area contributed by atoms with Crippen LogP contribution in [0.15, 0.2) is 41.4 Å². The second-order valence-corrected chi connectivity index (χ2v) is 8.37. The van der Waals surface area contributed by atoms with Gasteiger partial charge in [-0.3, -0.25) is 14.5 Å².